The number of anilines is 1. The zero-order valence-electron chi connectivity index (χ0n) is 8.63. The molecule has 0 fully saturated rings. The molecule has 2 rings (SSSR count). The Morgan fingerprint density at radius 2 is 1.88 bits per heavy atom. The molecular weight excluding hydrogens is 214 g/mol. The molecule has 0 amide bonds. The van der Waals surface area contributed by atoms with Crippen LogP contribution >= 0.6 is 0 Å². The molecule has 0 spiro atoms. The number of nitrogens with zero attached hydrogens (tertiary/aromatic N) is 1. The monoisotopic (exact) mass is 224 g/mol. The highest BCUT2D eigenvalue weighted by atomic mass is 19.1. The maximum absolute atomic E-state index is 13.0. The first kappa shape index (κ1) is 10.6. The minimum Gasteiger partial charge on any atom is -0.367 e. The fourth-order valence-corrected chi connectivity index (χ4v) is 1.58. The molecule has 0 radical (unpaired) electrons. The van der Waals surface area contributed by atoms with Gasteiger partial charge >= 0.3 is 0 Å². The van der Waals surface area contributed by atoms with Gasteiger partial charge in [-0.3, -0.25) is 0 Å². The van der Waals surface area contributed by atoms with Gasteiger partial charge in [-0.05, 0) is 18.6 Å². The summed E-state index contributed by atoms with van der Waals surface area (Å²) in [5.41, 5.74) is 6.92. The number of nitrogen functional groups attached to an aromatic ring is 1. The Hall–Kier alpha value is -1.91. The third kappa shape index (κ3) is 1.76. The third-order valence-electron chi connectivity index (χ3n) is 2.31. The van der Waals surface area contributed by atoms with E-state index in [1.165, 1.54) is 12.1 Å². The topological polar surface area (TPSA) is 52.0 Å². The first-order chi connectivity index (χ1) is 7.61. The molecule has 0 bridgehead atoms. The van der Waals surface area contributed by atoms with Crippen LogP contribution in [0, 0.1) is 11.6 Å². The molecule has 0 saturated heterocycles. The summed E-state index contributed by atoms with van der Waals surface area (Å²) in [7, 11) is 0. The summed E-state index contributed by atoms with van der Waals surface area (Å²) in [6, 6.07) is 3.19. The van der Waals surface area contributed by atoms with Gasteiger partial charge in [0.15, 0.2) is 0 Å². The van der Waals surface area contributed by atoms with E-state index in [0.29, 0.717) is 23.2 Å². The van der Waals surface area contributed by atoms with Crippen molar-refractivity contribution in [2.24, 2.45) is 0 Å². The van der Waals surface area contributed by atoms with Crippen LogP contribution in [0.5, 0.6) is 0 Å². The first-order valence-corrected chi connectivity index (χ1v) is 4.82. The lowest BCUT2D eigenvalue weighted by Gasteiger charge is -2.00. The lowest BCUT2D eigenvalue weighted by Crippen LogP contribution is -1.91. The van der Waals surface area contributed by atoms with E-state index in [9.17, 15) is 8.78 Å². The molecule has 2 N–H and O–H groups in total. The minimum absolute atomic E-state index is 0.183. The molecule has 5 heteroatoms. The third-order valence-corrected chi connectivity index (χ3v) is 2.31. The van der Waals surface area contributed by atoms with Crippen LogP contribution < -0.4 is 5.73 Å². The van der Waals surface area contributed by atoms with Crippen LogP contribution in [-0.2, 0) is 6.42 Å². The Labute approximate surface area is 90.9 Å². The molecule has 1 aromatic heterocycles. The van der Waals surface area contributed by atoms with Gasteiger partial charge in [-0.15, -0.1) is 0 Å². The smallest absolute Gasteiger partial charge is 0.225 e. The van der Waals surface area contributed by atoms with Crippen LogP contribution in [0.1, 0.15) is 12.5 Å². The second-order valence-electron chi connectivity index (χ2n) is 3.39. The summed E-state index contributed by atoms with van der Waals surface area (Å²) in [6.07, 6.45) is 0.586. The van der Waals surface area contributed by atoms with Gasteiger partial charge in [0.1, 0.15) is 17.3 Å². The summed E-state index contributed by atoms with van der Waals surface area (Å²) >= 11 is 0. The van der Waals surface area contributed by atoms with E-state index in [0.717, 1.165) is 6.07 Å². The van der Waals surface area contributed by atoms with Crippen molar-refractivity contribution < 1.29 is 13.3 Å². The molecule has 1 heterocycles. The fourth-order valence-electron chi connectivity index (χ4n) is 1.58. The average Bonchev–Trinajstić information content (AvgIpc) is 2.58. The molecule has 0 aliphatic rings. The van der Waals surface area contributed by atoms with Crippen molar-refractivity contribution in [2.75, 3.05) is 5.73 Å². The predicted molar refractivity (Wildman–Crippen MR) is 55.6 cm³/mol. The number of aromatic nitrogens is 1. The van der Waals surface area contributed by atoms with Crippen LogP contribution in [0.2, 0.25) is 0 Å². The molecule has 0 saturated carbocycles. The van der Waals surface area contributed by atoms with E-state index in [-0.39, 0.29) is 5.88 Å². The van der Waals surface area contributed by atoms with Crippen molar-refractivity contribution in [3.63, 3.8) is 0 Å². The Morgan fingerprint density at radius 3 is 2.44 bits per heavy atom. The van der Waals surface area contributed by atoms with Crippen molar-refractivity contribution in [2.45, 2.75) is 13.3 Å². The molecule has 3 nitrogen and oxygen atoms in total. The average molecular weight is 224 g/mol. The lowest BCUT2D eigenvalue weighted by atomic mass is 10.1. The highest BCUT2D eigenvalue weighted by Gasteiger charge is 2.15. The van der Waals surface area contributed by atoms with Gasteiger partial charge in [0.05, 0.1) is 0 Å². The van der Waals surface area contributed by atoms with Crippen molar-refractivity contribution in [1.29, 1.82) is 0 Å². The summed E-state index contributed by atoms with van der Waals surface area (Å²) in [5, 5.41) is 3.71. The summed E-state index contributed by atoms with van der Waals surface area (Å²) < 4.78 is 30.9. The van der Waals surface area contributed by atoms with Gasteiger partial charge in [-0.1, -0.05) is 12.1 Å². The molecule has 0 atom stereocenters. The fraction of sp³-hybridized carbons (Fsp3) is 0.182. The van der Waals surface area contributed by atoms with E-state index >= 15 is 0 Å². The number of nitrogens with two attached hydrogens (primary N) is 1. The lowest BCUT2D eigenvalue weighted by molar-refractivity contribution is 0.438. The van der Waals surface area contributed by atoms with Crippen LogP contribution in [0.4, 0.5) is 14.7 Å². The van der Waals surface area contributed by atoms with Crippen LogP contribution in [0.25, 0.3) is 11.3 Å². The largest absolute Gasteiger partial charge is 0.367 e. The van der Waals surface area contributed by atoms with Crippen molar-refractivity contribution in [1.82, 2.24) is 5.16 Å². The second-order valence-corrected chi connectivity index (χ2v) is 3.39. The van der Waals surface area contributed by atoms with Crippen LogP contribution in [0.3, 0.4) is 0 Å². The maximum atomic E-state index is 13.0. The summed E-state index contributed by atoms with van der Waals surface area (Å²) in [5.74, 6) is -1.13. The number of halogens is 2. The standard InChI is InChI=1S/C11H10F2N2O/c1-2-9-10(15-16-11(9)14)6-3-7(12)5-8(13)4-6/h3-5H,2,14H2,1H3. The highest BCUT2D eigenvalue weighted by Crippen LogP contribution is 2.28. The SMILES string of the molecule is CCc1c(-c2cc(F)cc(F)c2)noc1N. The van der Waals surface area contributed by atoms with Gasteiger partial charge in [-0.2, -0.15) is 0 Å². The van der Waals surface area contributed by atoms with Crippen molar-refractivity contribution >= 4 is 5.88 Å². The normalized spacial score (nSPS) is 10.7. The van der Waals surface area contributed by atoms with Crippen molar-refractivity contribution in [3.8, 4) is 11.3 Å². The summed E-state index contributed by atoms with van der Waals surface area (Å²) in [6.45, 7) is 1.86. The Kier molecular flexibility index (Phi) is 2.60. The van der Waals surface area contributed by atoms with E-state index in [2.05, 4.69) is 5.16 Å². The van der Waals surface area contributed by atoms with Crippen molar-refractivity contribution in [3.05, 3.63) is 35.4 Å². The van der Waals surface area contributed by atoms with Crippen LogP contribution in [0.15, 0.2) is 22.7 Å². The van der Waals surface area contributed by atoms with E-state index in [1.807, 2.05) is 6.92 Å². The Bertz CT molecular complexity index is 502. The number of hydrogen-bond donors (Lipinski definition) is 1. The van der Waals surface area contributed by atoms with Gasteiger partial charge in [0.2, 0.25) is 5.88 Å². The maximum Gasteiger partial charge on any atom is 0.225 e. The molecule has 84 valence electrons. The Balaban J connectivity index is 2.58. The van der Waals surface area contributed by atoms with Gasteiger partial charge in [0.25, 0.3) is 0 Å². The molecule has 0 aliphatic carbocycles. The zero-order chi connectivity index (χ0) is 11.7. The minimum atomic E-state index is -0.654. The van der Waals surface area contributed by atoms with E-state index < -0.39 is 11.6 Å². The van der Waals surface area contributed by atoms with E-state index in [4.69, 9.17) is 10.3 Å². The molecule has 0 aliphatic heterocycles. The second kappa shape index (κ2) is 3.92. The molecular formula is C11H10F2N2O. The summed E-state index contributed by atoms with van der Waals surface area (Å²) in [4.78, 5) is 0. The first-order valence-electron chi connectivity index (χ1n) is 4.82. The number of hydrogen-bond acceptors (Lipinski definition) is 3. The molecule has 1 aromatic carbocycles. The number of rotatable bonds is 2. The molecule has 16 heavy (non-hydrogen) atoms. The number of benzene rings is 1. The highest BCUT2D eigenvalue weighted by molar-refractivity contribution is 5.66. The zero-order valence-corrected chi connectivity index (χ0v) is 8.63. The van der Waals surface area contributed by atoms with Gasteiger partial charge in [0, 0.05) is 17.2 Å². The quantitative estimate of drug-likeness (QED) is 0.853. The molecule has 2 aromatic rings. The molecule has 0 unspecified atom stereocenters. The Morgan fingerprint density at radius 1 is 1.25 bits per heavy atom. The van der Waals surface area contributed by atoms with E-state index in [1.54, 1.807) is 0 Å². The van der Waals surface area contributed by atoms with Gasteiger partial charge in [-0.25, -0.2) is 8.78 Å². The van der Waals surface area contributed by atoms with Crippen LogP contribution in [-0.4, -0.2) is 5.16 Å². The van der Waals surface area contributed by atoms with Gasteiger partial charge < -0.3 is 10.3 Å². The predicted octanol–water partition coefficient (Wildman–Crippen LogP) is 2.76.